The first kappa shape index (κ1) is 54.0. The number of hydrogen-bond donors (Lipinski definition) is 0. The van der Waals surface area contributed by atoms with Gasteiger partial charge in [-0.05, 0) is 173 Å². The lowest BCUT2D eigenvalue weighted by atomic mass is 9.82. The Labute approximate surface area is 528 Å². The summed E-state index contributed by atoms with van der Waals surface area (Å²) in [6, 6.07) is 100.0. The monoisotopic (exact) mass is 1170 g/mol. The summed E-state index contributed by atoms with van der Waals surface area (Å²) in [7, 11) is 0. The Hall–Kier alpha value is -11.1. The van der Waals surface area contributed by atoms with Gasteiger partial charge >= 0.3 is 0 Å². The molecular weight excluding hydrogens is 1110 g/mol. The topological polar surface area (TPSA) is 19.6 Å². The molecule has 5 heteroatoms. The molecule has 0 fully saturated rings. The second-order valence-electron chi connectivity index (χ2n) is 25.4. The maximum Gasteiger partial charge on any atom is 0.155 e. The number of nitrogens with zero attached hydrogens (tertiary/aromatic N) is 2. The average molecular weight is 1180 g/mol. The molecule has 15 aromatic rings. The van der Waals surface area contributed by atoms with Crippen LogP contribution in [0.25, 0.3) is 110 Å². The molecule has 434 valence electrons. The van der Waals surface area contributed by atoms with Gasteiger partial charge in [0.25, 0.3) is 0 Å². The van der Waals surface area contributed by atoms with E-state index in [0.29, 0.717) is 28.1 Å². The van der Waals surface area contributed by atoms with Crippen molar-refractivity contribution in [1.29, 1.82) is 0 Å². The van der Waals surface area contributed by atoms with Crippen LogP contribution >= 0.6 is 0 Å². The van der Waals surface area contributed by atoms with Crippen LogP contribution in [0.4, 0.5) is 42.9 Å². The van der Waals surface area contributed by atoms with Gasteiger partial charge in [-0.1, -0.05) is 234 Å². The van der Waals surface area contributed by atoms with Crippen molar-refractivity contribution in [2.24, 2.45) is 0 Å². The van der Waals surface area contributed by atoms with Gasteiger partial charge in [-0.25, -0.2) is 8.78 Å². The van der Waals surface area contributed by atoms with E-state index in [2.05, 4.69) is 207 Å². The fourth-order valence-corrected chi connectivity index (χ4v) is 15.0. The molecule has 0 spiro atoms. The highest BCUT2D eigenvalue weighted by molar-refractivity contribution is 6.30. The van der Waals surface area contributed by atoms with Crippen molar-refractivity contribution in [3.8, 4) is 66.8 Å². The first-order valence-corrected chi connectivity index (χ1v) is 31.3. The van der Waals surface area contributed by atoms with Gasteiger partial charge in [0.2, 0.25) is 0 Å². The lowest BCUT2D eigenvalue weighted by molar-refractivity contribution is 0.632. The minimum atomic E-state index is -0.336. The highest BCUT2D eigenvalue weighted by Gasteiger charge is 2.38. The summed E-state index contributed by atoms with van der Waals surface area (Å²) >= 11 is 0. The van der Waals surface area contributed by atoms with Crippen molar-refractivity contribution in [2.75, 3.05) is 9.80 Å². The third-order valence-corrected chi connectivity index (χ3v) is 19.5. The minimum absolute atomic E-state index is 0.313. The Bertz CT molecular complexity index is 5440. The van der Waals surface area contributed by atoms with E-state index in [1.165, 1.54) is 44.5 Å². The molecule has 0 aliphatic heterocycles. The van der Waals surface area contributed by atoms with Gasteiger partial charge in [-0.3, -0.25) is 0 Å². The fraction of sp³-hybridized carbons (Fsp3) is 0.0698. The minimum Gasteiger partial charge on any atom is -0.455 e. The summed E-state index contributed by atoms with van der Waals surface area (Å²) in [5.41, 5.74) is 20.8. The number of rotatable bonds is 10. The summed E-state index contributed by atoms with van der Waals surface area (Å²) in [5, 5.41) is 5.84. The molecule has 0 N–H and O–H groups in total. The summed E-state index contributed by atoms with van der Waals surface area (Å²) in [5.74, 6) is -0.662. The smallest absolute Gasteiger partial charge is 0.155 e. The number of furan rings is 1. The van der Waals surface area contributed by atoms with Gasteiger partial charge in [-0.2, -0.15) is 0 Å². The van der Waals surface area contributed by atoms with E-state index in [1.54, 1.807) is 0 Å². The Morgan fingerprint density at radius 3 is 1.15 bits per heavy atom. The highest BCUT2D eigenvalue weighted by Crippen LogP contribution is 2.55. The Morgan fingerprint density at radius 2 is 0.659 bits per heavy atom. The van der Waals surface area contributed by atoms with Crippen LogP contribution in [-0.4, -0.2) is 0 Å². The van der Waals surface area contributed by atoms with Crippen molar-refractivity contribution in [2.45, 2.75) is 38.5 Å². The lowest BCUT2D eigenvalue weighted by Gasteiger charge is -2.30. The second-order valence-corrected chi connectivity index (χ2v) is 25.4. The van der Waals surface area contributed by atoms with Gasteiger partial charge < -0.3 is 14.2 Å². The summed E-state index contributed by atoms with van der Waals surface area (Å²) in [6.07, 6.45) is 0. The highest BCUT2D eigenvalue weighted by atomic mass is 19.1. The average Bonchev–Trinajstić information content (AvgIpc) is 1.66. The SMILES string of the molecule is CC1(C)c2ccccc2-c2ccc(N(c3ccc4c(c3)oc3c5ccc(N(c6ccc7c(c6)C(C)(C)c6ccccc6-7)c6cc(-c7ccccc7)cc(-c7ccccc7)c6F)cc5c5ccccc5c43)c3cc(-c4ccccc4)cc(-c4ccccc4)c3F)cc21. The Kier molecular flexibility index (Phi) is 12.3. The van der Waals surface area contributed by atoms with Crippen molar-refractivity contribution in [3.05, 3.63) is 325 Å². The maximum absolute atomic E-state index is 18.4. The third-order valence-electron chi connectivity index (χ3n) is 19.5. The van der Waals surface area contributed by atoms with Crippen LogP contribution in [0.1, 0.15) is 49.9 Å². The zero-order valence-corrected chi connectivity index (χ0v) is 50.8. The molecular formula is C86H60F2N2O. The van der Waals surface area contributed by atoms with Crippen LogP contribution in [0, 0.1) is 11.6 Å². The van der Waals surface area contributed by atoms with Crippen LogP contribution in [0.3, 0.4) is 0 Å². The molecule has 0 radical (unpaired) electrons. The number of fused-ring (bicyclic) bond motifs is 14. The zero-order valence-electron chi connectivity index (χ0n) is 50.8. The first-order valence-electron chi connectivity index (χ1n) is 31.3. The largest absolute Gasteiger partial charge is 0.455 e. The third kappa shape index (κ3) is 8.52. The molecule has 0 atom stereocenters. The molecule has 0 saturated carbocycles. The van der Waals surface area contributed by atoms with Crippen molar-refractivity contribution in [3.63, 3.8) is 0 Å². The normalized spacial score (nSPS) is 13.3. The van der Waals surface area contributed by atoms with E-state index in [0.717, 1.165) is 94.0 Å². The van der Waals surface area contributed by atoms with Crippen LogP contribution < -0.4 is 9.80 Å². The van der Waals surface area contributed by atoms with Crippen LogP contribution in [0.2, 0.25) is 0 Å². The molecule has 0 amide bonds. The van der Waals surface area contributed by atoms with E-state index >= 15 is 8.78 Å². The lowest BCUT2D eigenvalue weighted by Crippen LogP contribution is -2.17. The maximum atomic E-state index is 18.4. The van der Waals surface area contributed by atoms with Gasteiger partial charge in [0.1, 0.15) is 11.2 Å². The van der Waals surface area contributed by atoms with E-state index in [-0.39, 0.29) is 22.5 Å². The molecule has 1 heterocycles. The summed E-state index contributed by atoms with van der Waals surface area (Å²) in [6.45, 7) is 9.13. The molecule has 91 heavy (non-hydrogen) atoms. The predicted octanol–water partition coefficient (Wildman–Crippen LogP) is 24.4. The number of benzene rings is 14. The predicted molar refractivity (Wildman–Crippen MR) is 375 cm³/mol. The molecule has 3 nitrogen and oxygen atoms in total. The quantitative estimate of drug-likeness (QED) is 0.127. The van der Waals surface area contributed by atoms with Gasteiger partial charge in [0, 0.05) is 66.9 Å². The van der Waals surface area contributed by atoms with E-state index < -0.39 is 0 Å². The molecule has 14 aromatic carbocycles. The van der Waals surface area contributed by atoms with Crippen LogP contribution in [-0.2, 0) is 10.8 Å². The van der Waals surface area contributed by atoms with Gasteiger partial charge in [0.05, 0.1) is 11.4 Å². The molecule has 1 aromatic heterocycles. The zero-order chi connectivity index (χ0) is 61.3. The molecule has 0 bridgehead atoms. The summed E-state index contributed by atoms with van der Waals surface area (Å²) in [4.78, 5) is 4.19. The van der Waals surface area contributed by atoms with Crippen molar-refractivity contribution >= 4 is 77.6 Å². The van der Waals surface area contributed by atoms with Crippen LogP contribution in [0.15, 0.2) is 296 Å². The van der Waals surface area contributed by atoms with Gasteiger partial charge in [-0.15, -0.1) is 0 Å². The van der Waals surface area contributed by atoms with E-state index in [9.17, 15) is 0 Å². The number of anilines is 6. The number of halogens is 2. The first-order chi connectivity index (χ1) is 44.5. The second kappa shape index (κ2) is 20.7. The molecule has 0 saturated heterocycles. The standard InChI is InChI=1S/C86H60F2N2O/c1-85(2)74-35-21-19-32-64(74)66-41-37-60(50-76(66)85)89(78-47-57(53-23-9-5-10-24-53)45-71(82(78)87)55-27-13-7-14-28-55)59-39-43-69-73(49-59)63-31-17-18-34-68(63)81-70-44-40-62(52-80(70)91-84(69)81)90(61-38-42-67-65-33-20-22-36-75(65)86(3,4)77(67)51-61)79-48-58(54-25-11-6-12-26-54)46-72(83(79)88)56-29-15-8-16-30-56/h5-52H,1-4H3. The number of hydrogen-bond acceptors (Lipinski definition) is 3. The van der Waals surface area contributed by atoms with Crippen molar-refractivity contribution in [1.82, 2.24) is 0 Å². The van der Waals surface area contributed by atoms with E-state index in [4.69, 9.17) is 4.42 Å². The van der Waals surface area contributed by atoms with E-state index in [1.807, 2.05) is 121 Å². The molecule has 2 aliphatic carbocycles. The molecule has 17 rings (SSSR count). The molecule has 0 unspecified atom stereocenters. The Balaban J connectivity index is 0.885. The fourth-order valence-electron chi connectivity index (χ4n) is 15.0. The van der Waals surface area contributed by atoms with Crippen LogP contribution in [0.5, 0.6) is 0 Å². The Morgan fingerprint density at radius 1 is 0.275 bits per heavy atom. The van der Waals surface area contributed by atoms with Gasteiger partial charge in [0.15, 0.2) is 11.6 Å². The van der Waals surface area contributed by atoms with Crippen molar-refractivity contribution < 1.29 is 13.2 Å². The summed E-state index contributed by atoms with van der Waals surface area (Å²) < 4.78 is 44.1. The molecule has 2 aliphatic rings.